The first-order valence-corrected chi connectivity index (χ1v) is 36.1. The first-order chi connectivity index (χ1) is 41.0. The van der Waals surface area contributed by atoms with Crippen LogP contribution in [0.25, 0.3) is 0 Å². The number of ether oxygens (including phenoxy) is 3. The first-order valence-electron chi connectivity index (χ1n) is 36.1. The smallest absolute Gasteiger partial charge is 0.306 e. The molecule has 6 heteroatoms. The van der Waals surface area contributed by atoms with Crippen LogP contribution in [-0.2, 0) is 28.6 Å². The van der Waals surface area contributed by atoms with Gasteiger partial charge in [0.1, 0.15) is 13.2 Å². The lowest BCUT2D eigenvalue weighted by Gasteiger charge is -2.18. The molecule has 1 unspecified atom stereocenters. The standard InChI is InChI=1S/C77H136O6/c1-4-7-10-13-16-19-22-24-26-28-30-32-34-35-36-37-38-39-40-41-42-43-44-46-47-49-51-53-55-58-61-64-67-70-76(79)82-73-74(72-81-75(78)69-66-63-60-57-21-18-15-12-9-6-3)83-77(80)71-68-65-62-59-56-54-52-50-48-45-33-31-29-27-25-23-20-17-14-11-8-5-2/h7,10,12,15-16,19,24,26,30,32,35-36,38-39,74H,4-6,8-9,11,13-14,17-18,20-23,25,27-29,31,33-34,37,40-73H2,1-3H3/b10-7-,15-12-,19-16-,26-24-,32-30-,36-35-,39-38-. The number of rotatable bonds is 66. The molecule has 0 heterocycles. The van der Waals surface area contributed by atoms with Crippen molar-refractivity contribution in [2.75, 3.05) is 13.2 Å². The molecule has 0 aromatic carbocycles. The monoisotopic (exact) mass is 1160 g/mol. The van der Waals surface area contributed by atoms with Crippen molar-refractivity contribution in [3.8, 4) is 0 Å². The normalized spacial score (nSPS) is 12.6. The fourth-order valence-electron chi connectivity index (χ4n) is 10.5. The van der Waals surface area contributed by atoms with E-state index in [0.717, 1.165) is 109 Å². The molecule has 83 heavy (non-hydrogen) atoms. The largest absolute Gasteiger partial charge is 0.462 e. The molecule has 0 aromatic heterocycles. The van der Waals surface area contributed by atoms with Gasteiger partial charge >= 0.3 is 17.9 Å². The summed E-state index contributed by atoms with van der Waals surface area (Å²) >= 11 is 0. The SMILES string of the molecule is CC/C=C\C/C=C\C/C=C\C/C=C\C/C=C\C/C=C\CCCCCCCCCCCCCCCCC(=O)OCC(COC(=O)CCCCCCC/C=C\CCC)OC(=O)CCCCCCCCCCCCCCCCCCCCCCCC. The molecule has 0 rings (SSSR count). The summed E-state index contributed by atoms with van der Waals surface area (Å²) in [6.07, 6.45) is 94.9. The zero-order valence-electron chi connectivity index (χ0n) is 55.2. The van der Waals surface area contributed by atoms with E-state index in [0.29, 0.717) is 19.3 Å². The summed E-state index contributed by atoms with van der Waals surface area (Å²) in [6, 6.07) is 0. The van der Waals surface area contributed by atoms with E-state index in [4.69, 9.17) is 14.2 Å². The predicted molar refractivity (Wildman–Crippen MR) is 362 cm³/mol. The number of unbranched alkanes of at least 4 members (excludes halogenated alkanes) is 41. The van der Waals surface area contributed by atoms with Crippen molar-refractivity contribution in [1.29, 1.82) is 0 Å². The first kappa shape index (κ1) is 79.6. The van der Waals surface area contributed by atoms with E-state index >= 15 is 0 Å². The van der Waals surface area contributed by atoms with E-state index in [1.165, 1.54) is 218 Å². The summed E-state index contributed by atoms with van der Waals surface area (Å²) in [4.78, 5) is 38.3. The minimum Gasteiger partial charge on any atom is -0.462 e. The van der Waals surface area contributed by atoms with Crippen LogP contribution in [0.15, 0.2) is 85.1 Å². The quantitative estimate of drug-likeness (QED) is 0.0261. The highest BCUT2D eigenvalue weighted by atomic mass is 16.6. The van der Waals surface area contributed by atoms with Crippen LogP contribution in [-0.4, -0.2) is 37.2 Å². The molecule has 0 aliphatic rings. The fraction of sp³-hybridized carbons (Fsp3) is 0.779. The Balaban J connectivity index is 4.13. The highest BCUT2D eigenvalue weighted by Gasteiger charge is 2.19. The third kappa shape index (κ3) is 69.3. The summed E-state index contributed by atoms with van der Waals surface area (Å²) in [5.74, 6) is -0.865. The molecule has 0 bridgehead atoms. The Morgan fingerprint density at radius 3 is 0.795 bits per heavy atom. The second kappa shape index (κ2) is 71.1. The second-order valence-electron chi connectivity index (χ2n) is 24.1. The molecule has 0 saturated heterocycles. The molecule has 0 aliphatic carbocycles. The van der Waals surface area contributed by atoms with Crippen LogP contribution in [0, 0.1) is 0 Å². The molecule has 0 aromatic rings. The van der Waals surface area contributed by atoms with E-state index in [-0.39, 0.29) is 31.1 Å². The molecule has 0 saturated carbocycles. The van der Waals surface area contributed by atoms with Gasteiger partial charge in [-0.05, 0) is 89.9 Å². The Morgan fingerprint density at radius 2 is 0.494 bits per heavy atom. The van der Waals surface area contributed by atoms with Crippen molar-refractivity contribution in [3.63, 3.8) is 0 Å². The van der Waals surface area contributed by atoms with Gasteiger partial charge in [0, 0.05) is 19.3 Å². The van der Waals surface area contributed by atoms with Crippen LogP contribution in [0.1, 0.15) is 367 Å². The predicted octanol–water partition coefficient (Wildman–Crippen LogP) is 25.0. The van der Waals surface area contributed by atoms with Gasteiger partial charge in [0.15, 0.2) is 6.10 Å². The van der Waals surface area contributed by atoms with Crippen LogP contribution in [0.2, 0.25) is 0 Å². The number of carbonyl (C=O) groups excluding carboxylic acids is 3. The topological polar surface area (TPSA) is 78.9 Å². The minimum absolute atomic E-state index is 0.0744. The van der Waals surface area contributed by atoms with E-state index in [1.807, 2.05) is 0 Å². The maximum Gasteiger partial charge on any atom is 0.306 e. The lowest BCUT2D eigenvalue weighted by Crippen LogP contribution is -2.30. The van der Waals surface area contributed by atoms with Gasteiger partial charge in [0.25, 0.3) is 0 Å². The van der Waals surface area contributed by atoms with Gasteiger partial charge in [0.2, 0.25) is 0 Å². The van der Waals surface area contributed by atoms with Gasteiger partial charge in [-0.3, -0.25) is 14.4 Å². The van der Waals surface area contributed by atoms with E-state index in [2.05, 4.69) is 106 Å². The van der Waals surface area contributed by atoms with Crippen LogP contribution in [0.3, 0.4) is 0 Å². The molecular formula is C77H136O6. The number of allylic oxidation sites excluding steroid dienone is 14. The molecular weight excluding hydrogens is 1020 g/mol. The maximum atomic E-state index is 12.9. The van der Waals surface area contributed by atoms with E-state index in [1.54, 1.807) is 0 Å². The van der Waals surface area contributed by atoms with Gasteiger partial charge in [-0.25, -0.2) is 0 Å². The lowest BCUT2D eigenvalue weighted by molar-refractivity contribution is -0.167. The second-order valence-corrected chi connectivity index (χ2v) is 24.1. The van der Waals surface area contributed by atoms with E-state index in [9.17, 15) is 14.4 Å². The zero-order valence-corrected chi connectivity index (χ0v) is 55.2. The average molecular weight is 1160 g/mol. The molecule has 0 spiro atoms. The van der Waals surface area contributed by atoms with Crippen molar-refractivity contribution in [2.45, 2.75) is 374 Å². The third-order valence-electron chi connectivity index (χ3n) is 15.9. The third-order valence-corrected chi connectivity index (χ3v) is 15.9. The van der Waals surface area contributed by atoms with Crippen molar-refractivity contribution in [1.82, 2.24) is 0 Å². The molecule has 6 nitrogen and oxygen atoms in total. The Bertz CT molecular complexity index is 1570. The van der Waals surface area contributed by atoms with E-state index < -0.39 is 6.10 Å². The van der Waals surface area contributed by atoms with Gasteiger partial charge in [0.05, 0.1) is 0 Å². The molecule has 0 radical (unpaired) electrons. The maximum absolute atomic E-state index is 12.9. The zero-order chi connectivity index (χ0) is 59.9. The van der Waals surface area contributed by atoms with Gasteiger partial charge in [-0.2, -0.15) is 0 Å². The Kier molecular flexibility index (Phi) is 68.2. The van der Waals surface area contributed by atoms with Gasteiger partial charge in [-0.15, -0.1) is 0 Å². The summed E-state index contributed by atoms with van der Waals surface area (Å²) in [7, 11) is 0. The van der Waals surface area contributed by atoms with Crippen molar-refractivity contribution < 1.29 is 28.6 Å². The molecule has 0 aliphatic heterocycles. The minimum atomic E-state index is -0.777. The number of hydrogen-bond donors (Lipinski definition) is 0. The van der Waals surface area contributed by atoms with Crippen LogP contribution in [0.4, 0.5) is 0 Å². The highest BCUT2D eigenvalue weighted by Crippen LogP contribution is 2.18. The van der Waals surface area contributed by atoms with Crippen LogP contribution >= 0.6 is 0 Å². The summed E-state index contributed by atoms with van der Waals surface area (Å²) < 4.78 is 17.0. The van der Waals surface area contributed by atoms with Crippen molar-refractivity contribution in [3.05, 3.63) is 85.1 Å². The van der Waals surface area contributed by atoms with Crippen LogP contribution in [0.5, 0.6) is 0 Å². The number of hydrogen-bond acceptors (Lipinski definition) is 6. The van der Waals surface area contributed by atoms with Gasteiger partial charge in [-0.1, -0.05) is 343 Å². The Labute approximate surface area is 515 Å². The summed E-state index contributed by atoms with van der Waals surface area (Å²) in [5.41, 5.74) is 0. The lowest BCUT2D eigenvalue weighted by atomic mass is 10.0. The van der Waals surface area contributed by atoms with Crippen molar-refractivity contribution >= 4 is 17.9 Å². The molecule has 0 amide bonds. The van der Waals surface area contributed by atoms with Crippen LogP contribution < -0.4 is 0 Å². The molecule has 1 atom stereocenters. The fourth-order valence-corrected chi connectivity index (χ4v) is 10.5. The highest BCUT2D eigenvalue weighted by molar-refractivity contribution is 5.71. The summed E-state index contributed by atoms with van der Waals surface area (Å²) in [6.45, 7) is 6.51. The molecule has 480 valence electrons. The number of esters is 3. The average Bonchev–Trinajstić information content (AvgIpc) is 3.49. The molecule has 0 N–H and O–H groups in total. The Morgan fingerprint density at radius 1 is 0.253 bits per heavy atom. The van der Waals surface area contributed by atoms with Crippen molar-refractivity contribution in [2.24, 2.45) is 0 Å². The summed E-state index contributed by atoms with van der Waals surface area (Å²) in [5, 5.41) is 0. The number of carbonyl (C=O) groups is 3. The Hall–Kier alpha value is -3.41. The molecule has 0 fully saturated rings. The van der Waals surface area contributed by atoms with Gasteiger partial charge < -0.3 is 14.2 Å².